The van der Waals surface area contributed by atoms with E-state index in [2.05, 4.69) is 22.0 Å². The molecule has 6 heteroatoms. The Morgan fingerprint density at radius 1 is 1.44 bits per heavy atom. The highest BCUT2D eigenvalue weighted by molar-refractivity contribution is 7.89. The molecule has 0 aromatic carbocycles. The summed E-state index contributed by atoms with van der Waals surface area (Å²) in [5, 5.41) is 2.94. The van der Waals surface area contributed by atoms with E-state index < -0.39 is 10.0 Å². The van der Waals surface area contributed by atoms with Crippen LogP contribution < -0.4 is 10.0 Å². The monoisotopic (exact) mass is 249 g/mol. The van der Waals surface area contributed by atoms with Crippen molar-refractivity contribution in [2.24, 2.45) is 5.92 Å². The molecule has 1 aliphatic rings. The lowest BCUT2D eigenvalue weighted by Crippen LogP contribution is -2.33. The van der Waals surface area contributed by atoms with Crippen LogP contribution in [0, 0.1) is 5.92 Å². The van der Waals surface area contributed by atoms with Gasteiger partial charge in [-0.15, -0.1) is 0 Å². The molecule has 2 N–H and O–H groups in total. The summed E-state index contributed by atoms with van der Waals surface area (Å²) in [5.74, 6) is 0.695. The lowest BCUT2D eigenvalue weighted by atomic mass is 10.1. The van der Waals surface area contributed by atoms with Crippen LogP contribution in [0.5, 0.6) is 0 Å². The second-order valence-electron chi connectivity index (χ2n) is 4.54. The third kappa shape index (κ3) is 5.25. The molecule has 0 aromatic heterocycles. The summed E-state index contributed by atoms with van der Waals surface area (Å²) < 4.78 is 25.9. The zero-order valence-corrected chi connectivity index (χ0v) is 11.0. The van der Waals surface area contributed by atoms with Gasteiger partial charge in [0.2, 0.25) is 10.0 Å². The Kier molecular flexibility index (Phi) is 5.68. The van der Waals surface area contributed by atoms with E-state index in [0.717, 1.165) is 26.1 Å². The Hall–Kier alpha value is -0.170. The van der Waals surface area contributed by atoms with Gasteiger partial charge in [-0.05, 0) is 45.9 Å². The first kappa shape index (κ1) is 13.9. The molecule has 1 heterocycles. The van der Waals surface area contributed by atoms with Gasteiger partial charge in [-0.2, -0.15) is 0 Å². The Balaban J connectivity index is 2.20. The summed E-state index contributed by atoms with van der Waals surface area (Å²) in [5.41, 5.74) is 0. The van der Waals surface area contributed by atoms with E-state index in [0.29, 0.717) is 18.9 Å². The van der Waals surface area contributed by atoms with Crippen LogP contribution in [0.3, 0.4) is 0 Å². The van der Waals surface area contributed by atoms with Crippen molar-refractivity contribution >= 4 is 10.0 Å². The molecule has 0 saturated carbocycles. The Morgan fingerprint density at radius 3 is 2.75 bits per heavy atom. The molecule has 0 spiro atoms. The summed E-state index contributed by atoms with van der Waals surface area (Å²) in [4.78, 5) is 2.24. The number of hydrogen-bond donors (Lipinski definition) is 2. The first-order chi connectivity index (χ1) is 7.53. The molecule has 0 amide bonds. The van der Waals surface area contributed by atoms with Gasteiger partial charge in [0, 0.05) is 13.1 Å². The number of nitrogens with one attached hydrogen (secondary N) is 2. The molecule has 96 valence electrons. The third-order valence-corrected chi connectivity index (χ3v) is 4.35. The van der Waals surface area contributed by atoms with Gasteiger partial charge in [0.15, 0.2) is 0 Å². The summed E-state index contributed by atoms with van der Waals surface area (Å²) in [7, 11) is 0.831. The van der Waals surface area contributed by atoms with Gasteiger partial charge < -0.3 is 10.2 Å². The van der Waals surface area contributed by atoms with Crippen LogP contribution in [0.25, 0.3) is 0 Å². The van der Waals surface area contributed by atoms with E-state index in [1.165, 1.54) is 0 Å². The average Bonchev–Trinajstić information content (AvgIpc) is 2.62. The molecule has 16 heavy (non-hydrogen) atoms. The zero-order chi connectivity index (χ0) is 12.0. The molecular formula is C10H23N3O2S. The number of rotatable bonds is 7. The van der Waals surface area contributed by atoms with Gasteiger partial charge in [0.1, 0.15) is 0 Å². The highest BCUT2D eigenvalue weighted by atomic mass is 32.2. The average molecular weight is 249 g/mol. The minimum absolute atomic E-state index is 0.219. The second kappa shape index (κ2) is 6.54. The fourth-order valence-electron chi connectivity index (χ4n) is 1.95. The summed E-state index contributed by atoms with van der Waals surface area (Å²) >= 11 is 0. The van der Waals surface area contributed by atoms with Gasteiger partial charge in [-0.3, -0.25) is 0 Å². The lowest BCUT2D eigenvalue weighted by molar-refractivity contribution is 0.394. The minimum Gasteiger partial charge on any atom is -0.320 e. The normalized spacial score (nSPS) is 22.8. The second-order valence-corrected chi connectivity index (χ2v) is 6.47. The largest absolute Gasteiger partial charge is 0.320 e. The third-order valence-electron chi connectivity index (χ3n) is 2.92. The first-order valence-electron chi connectivity index (χ1n) is 5.84. The van der Waals surface area contributed by atoms with Crippen LogP contribution in [0.1, 0.15) is 12.8 Å². The van der Waals surface area contributed by atoms with Crippen LogP contribution in [0.4, 0.5) is 0 Å². The number of hydrogen-bond acceptors (Lipinski definition) is 4. The molecular weight excluding hydrogens is 226 g/mol. The first-order valence-corrected chi connectivity index (χ1v) is 7.49. The van der Waals surface area contributed by atoms with Crippen molar-refractivity contribution in [3.8, 4) is 0 Å². The molecule has 0 bridgehead atoms. The molecule has 0 radical (unpaired) electrons. The maximum atomic E-state index is 11.6. The number of nitrogens with zero attached hydrogens (tertiary/aromatic N) is 1. The predicted octanol–water partition coefficient (Wildman–Crippen LogP) is -0.533. The van der Waals surface area contributed by atoms with E-state index in [4.69, 9.17) is 0 Å². The molecule has 0 aliphatic carbocycles. The number of sulfonamides is 1. The maximum absolute atomic E-state index is 11.6. The highest BCUT2D eigenvalue weighted by Crippen LogP contribution is 2.13. The molecule has 0 aromatic rings. The van der Waals surface area contributed by atoms with E-state index in [-0.39, 0.29) is 5.75 Å². The van der Waals surface area contributed by atoms with E-state index in [1.807, 2.05) is 7.05 Å². The Morgan fingerprint density at radius 2 is 2.19 bits per heavy atom. The van der Waals surface area contributed by atoms with Crippen molar-refractivity contribution in [1.82, 2.24) is 14.9 Å². The number of likely N-dealkylation sites (tertiary alicyclic amines) is 1. The molecule has 5 nitrogen and oxygen atoms in total. The van der Waals surface area contributed by atoms with Crippen molar-refractivity contribution in [1.29, 1.82) is 0 Å². The SMILES string of the molecule is CNCCCS(=O)(=O)NCC1CCN(C)C1. The lowest BCUT2D eigenvalue weighted by Gasteiger charge is -2.12. The van der Waals surface area contributed by atoms with Crippen molar-refractivity contribution < 1.29 is 8.42 Å². The van der Waals surface area contributed by atoms with Crippen LogP contribution in [0.2, 0.25) is 0 Å². The van der Waals surface area contributed by atoms with Gasteiger partial charge in [0.25, 0.3) is 0 Å². The van der Waals surface area contributed by atoms with Gasteiger partial charge in [0.05, 0.1) is 5.75 Å². The van der Waals surface area contributed by atoms with Crippen molar-refractivity contribution in [3.05, 3.63) is 0 Å². The molecule has 1 rings (SSSR count). The minimum atomic E-state index is -3.07. The maximum Gasteiger partial charge on any atom is 0.211 e. The van der Waals surface area contributed by atoms with E-state index in [9.17, 15) is 8.42 Å². The molecule has 1 aliphatic heterocycles. The smallest absolute Gasteiger partial charge is 0.211 e. The fourth-order valence-corrected chi connectivity index (χ4v) is 3.11. The molecule has 1 atom stereocenters. The standard InChI is InChI=1S/C10H23N3O2S/c1-11-5-3-7-16(14,15)12-8-10-4-6-13(2)9-10/h10-12H,3-9H2,1-2H3. The Bertz CT molecular complexity index is 292. The van der Waals surface area contributed by atoms with Gasteiger partial charge in [-0.25, -0.2) is 13.1 Å². The van der Waals surface area contributed by atoms with Crippen LogP contribution >= 0.6 is 0 Å². The van der Waals surface area contributed by atoms with E-state index >= 15 is 0 Å². The van der Waals surface area contributed by atoms with Crippen molar-refractivity contribution in [2.45, 2.75) is 12.8 Å². The van der Waals surface area contributed by atoms with Crippen molar-refractivity contribution in [2.75, 3.05) is 46.0 Å². The van der Waals surface area contributed by atoms with Crippen LogP contribution in [0.15, 0.2) is 0 Å². The van der Waals surface area contributed by atoms with E-state index in [1.54, 1.807) is 0 Å². The zero-order valence-electron chi connectivity index (χ0n) is 10.2. The highest BCUT2D eigenvalue weighted by Gasteiger charge is 2.21. The van der Waals surface area contributed by atoms with Crippen LogP contribution in [-0.4, -0.2) is 59.3 Å². The summed E-state index contributed by atoms with van der Waals surface area (Å²) in [6.07, 6.45) is 1.76. The fraction of sp³-hybridized carbons (Fsp3) is 1.00. The summed E-state index contributed by atoms with van der Waals surface area (Å²) in [6, 6.07) is 0. The molecule has 1 fully saturated rings. The topological polar surface area (TPSA) is 61.4 Å². The van der Waals surface area contributed by atoms with Crippen molar-refractivity contribution in [3.63, 3.8) is 0 Å². The molecule has 1 unspecified atom stereocenters. The Labute approximate surface area is 98.6 Å². The summed E-state index contributed by atoms with van der Waals surface area (Å²) in [6.45, 7) is 3.41. The van der Waals surface area contributed by atoms with Gasteiger partial charge in [-0.1, -0.05) is 0 Å². The van der Waals surface area contributed by atoms with Gasteiger partial charge >= 0.3 is 0 Å². The quantitative estimate of drug-likeness (QED) is 0.595. The molecule has 1 saturated heterocycles. The predicted molar refractivity (Wildman–Crippen MR) is 65.9 cm³/mol. The van der Waals surface area contributed by atoms with Crippen LogP contribution in [-0.2, 0) is 10.0 Å².